The van der Waals surface area contributed by atoms with Crippen molar-refractivity contribution < 1.29 is 9.59 Å². The zero-order valence-corrected chi connectivity index (χ0v) is 12.2. The molecule has 0 radical (unpaired) electrons. The van der Waals surface area contributed by atoms with Gasteiger partial charge in [-0.1, -0.05) is 26.2 Å². The fourth-order valence-corrected chi connectivity index (χ4v) is 3.43. The summed E-state index contributed by atoms with van der Waals surface area (Å²) in [5.41, 5.74) is 0. The van der Waals surface area contributed by atoms with E-state index in [9.17, 15) is 9.59 Å². The Labute approximate surface area is 121 Å². The number of amides is 2. The molecule has 1 saturated carbocycles. The van der Waals surface area contributed by atoms with Gasteiger partial charge in [-0.25, -0.2) is 0 Å². The summed E-state index contributed by atoms with van der Waals surface area (Å²) in [5.74, 6) is 2.92. The zero-order chi connectivity index (χ0) is 14.5. The van der Waals surface area contributed by atoms with E-state index in [0.29, 0.717) is 25.3 Å². The van der Waals surface area contributed by atoms with Crippen molar-refractivity contribution in [2.24, 2.45) is 5.92 Å². The van der Waals surface area contributed by atoms with Gasteiger partial charge < -0.3 is 10.2 Å². The van der Waals surface area contributed by atoms with Gasteiger partial charge in [-0.15, -0.1) is 12.3 Å². The molecule has 110 valence electrons. The number of hydrogen-bond acceptors (Lipinski definition) is 2. The van der Waals surface area contributed by atoms with Gasteiger partial charge in [-0.05, 0) is 25.2 Å². The van der Waals surface area contributed by atoms with Crippen LogP contribution in [0.15, 0.2) is 0 Å². The molecule has 0 aromatic carbocycles. The molecule has 4 nitrogen and oxygen atoms in total. The minimum atomic E-state index is -0.351. The summed E-state index contributed by atoms with van der Waals surface area (Å²) in [5, 5.41) is 2.96. The Morgan fingerprint density at radius 1 is 1.30 bits per heavy atom. The molecule has 1 aliphatic heterocycles. The summed E-state index contributed by atoms with van der Waals surface area (Å²) in [6.45, 7) is 2.42. The largest absolute Gasteiger partial charge is 0.342 e. The first kappa shape index (κ1) is 14.9. The summed E-state index contributed by atoms with van der Waals surface area (Å²) in [6, 6.07) is -0.681. The Morgan fingerprint density at radius 2 is 2.00 bits per heavy atom. The Bertz CT molecular complexity index is 407. The number of nitrogens with zero attached hydrogens (tertiary/aromatic N) is 1. The molecule has 2 rings (SSSR count). The highest BCUT2D eigenvalue weighted by Gasteiger charge is 2.42. The molecule has 1 saturated heterocycles. The number of carbonyl (C=O) groups excluding carboxylic acids is 2. The zero-order valence-electron chi connectivity index (χ0n) is 12.2. The van der Waals surface area contributed by atoms with Crippen LogP contribution in [-0.4, -0.2) is 35.3 Å². The van der Waals surface area contributed by atoms with Crippen molar-refractivity contribution in [3.63, 3.8) is 0 Å². The second-order valence-corrected chi connectivity index (χ2v) is 5.79. The van der Waals surface area contributed by atoms with Crippen LogP contribution in [0, 0.1) is 18.3 Å². The Balaban J connectivity index is 2.13. The normalized spacial score (nSPS) is 28.1. The molecule has 1 N–H and O–H groups in total. The van der Waals surface area contributed by atoms with Gasteiger partial charge in [0, 0.05) is 13.0 Å². The van der Waals surface area contributed by atoms with Crippen molar-refractivity contribution in [1.82, 2.24) is 10.2 Å². The molecule has 20 heavy (non-hydrogen) atoms. The van der Waals surface area contributed by atoms with Crippen LogP contribution < -0.4 is 5.32 Å². The molecule has 2 amide bonds. The van der Waals surface area contributed by atoms with Crippen LogP contribution in [0.3, 0.4) is 0 Å². The van der Waals surface area contributed by atoms with E-state index in [0.717, 1.165) is 25.7 Å². The van der Waals surface area contributed by atoms with E-state index < -0.39 is 0 Å². The van der Waals surface area contributed by atoms with Crippen molar-refractivity contribution >= 4 is 11.8 Å². The second kappa shape index (κ2) is 6.78. The molecule has 2 fully saturated rings. The number of nitrogens with one attached hydrogen (secondary N) is 1. The number of carbonyl (C=O) groups is 2. The fourth-order valence-electron chi connectivity index (χ4n) is 3.43. The van der Waals surface area contributed by atoms with Gasteiger partial charge in [0.05, 0.1) is 0 Å². The molecule has 0 spiro atoms. The van der Waals surface area contributed by atoms with Crippen LogP contribution >= 0.6 is 0 Å². The molecule has 1 aliphatic carbocycles. The molecule has 1 heterocycles. The first-order valence-electron chi connectivity index (χ1n) is 7.73. The van der Waals surface area contributed by atoms with Crippen molar-refractivity contribution in [2.45, 2.75) is 64.0 Å². The van der Waals surface area contributed by atoms with Gasteiger partial charge in [0.1, 0.15) is 12.1 Å². The molecular formula is C16H24N2O2. The van der Waals surface area contributed by atoms with Crippen LogP contribution in [0.4, 0.5) is 0 Å². The summed E-state index contributed by atoms with van der Waals surface area (Å²) in [7, 11) is 0. The molecular weight excluding hydrogens is 252 g/mol. The Hall–Kier alpha value is -1.50. The van der Waals surface area contributed by atoms with Gasteiger partial charge in [0.25, 0.3) is 0 Å². The van der Waals surface area contributed by atoms with Gasteiger partial charge in [-0.3, -0.25) is 9.59 Å². The lowest BCUT2D eigenvalue weighted by molar-refractivity contribution is -0.151. The van der Waals surface area contributed by atoms with Gasteiger partial charge in [0.2, 0.25) is 11.8 Å². The van der Waals surface area contributed by atoms with Crippen molar-refractivity contribution in [3.8, 4) is 12.3 Å². The highest BCUT2D eigenvalue weighted by Crippen LogP contribution is 2.29. The van der Waals surface area contributed by atoms with Gasteiger partial charge >= 0.3 is 0 Å². The summed E-state index contributed by atoms with van der Waals surface area (Å²) < 4.78 is 0. The summed E-state index contributed by atoms with van der Waals surface area (Å²) in [6.07, 6.45) is 12.1. The van der Waals surface area contributed by atoms with E-state index in [1.807, 2.05) is 6.92 Å². The molecule has 0 bridgehead atoms. The maximum atomic E-state index is 12.7. The maximum Gasteiger partial charge on any atom is 0.246 e. The van der Waals surface area contributed by atoms with E-state index in [4.69, 9.17) is 6.42 Å². The lowest BCUT2D eigenvalue weighted by Gasteiger charge is -2.42. The monoisotopic (exact) mass is 276 g/mol. The molecule has 2 atom stereocenters. The first-order valence-corrected chi connectivity index (χ1v) is 7.73. The van der Waals surface area contributed by atoms with Crippen molar-refractivity contribution in [2.75, 3.05) is 6.54 Å². The van der Waals surface area contributed by atoms with Crippen LogP contribution in [0.25, 0.3) is 0 Å². The van der Waals surface area contributed by atoms with Crippen molar-refractivity contribution in [1.29, 1.82) is 0 Å². The third-order valence-corrected chi connectivity index (χ3v) is 4.53. The number of piperazine rings is 1. The van der Waals surface area contributed by atoms with Crippen LogP contribution in [0.5, 0.6) is 0 Å². The number of rotatable bonds is 4. The fraction of sp³-hybridized carbons (Fsp3) is 0.750. The third-order valence-electron chi connectivity index (χ3n) is 4.53. The maximum absolute atomic E-state index is 12.7. The Morgan fingerprint density at radius 3 is 2.60 bits per heavy atom. The predicted molar refractivity (Wildman–Crippen MR) is 77.7 cm³/mol. The van der Waals surface area contributed by atoms with Crippen LogP contribution in [0.2, 0.25) is 0 Å². The minimum Gasteiger partial charge on any atom is -0.342 e. The van der Waals surface area contributed by atoms with E-state index in [-0.39, 0.29) is 23.9 Å². The number of terminal acetylenes is 1. The Kier molecular flexibility index (Phi) is 5.05. The van der Waals surface area contributed by atoms with Gasteiger partial charge in [0.15, 0.2) is 0 Å². The van der Waals surface area contributed by atoms with Crippen LogP contribution in [0.1, 0.15) is 51.9 Å². The molecule has 2 unspecified atom stereocenters. The van der Waals surface area contributed by atoms with E-state index >= 15 is 0 Å². The van der Waals surface area contributed by atoms with Gasteiger partial charge in [-0.2, -0.15) is 0 Å². The molecule has 0 aromatic heterocycles. The first-order chi connectivity index (χ1) is 9.69. The molecule has 4 heteroatoms. The lowest BCUT2D eigenvalue weighted by atomic mass is 9.82. The minimum absolute atomic E-state index is 0.0142. The van der Waals surface area contributed by atoms with E-state index in [2.05, 4.69) is 11.2 Å². The SMILES string of the molecule is C#CCCN1C(=O)C(C2CCCCC2)NC(=O)C1CC. The quantitative estimate of drug-likeness (QED) is 0.795. The summed E-state index contributed by atoms with van der Waals surface area (Å²) >= 11 is 0. The predicted octanol–water partition coefficient (Wildman–Crippen LogP) is 1.70. The average molecular weight is 276 g/mol. The smallest absolute Gasteiger partial charge is 0.246 e. The topological polar surface area (TPSA) is 49.4 Å². The summed E-state index contributed by atoms with van der Waals surface area (Å²) in [4.78, 5) is 26.6. The number of hydrogen-bond donors (Lipinski definition) is 1. The van der Waals surface area contributed by atoms with Crippen LogP contribution in [-0.2, 0) is 9.59 Å². The standard InChI is InChI=1S/C16H24N2O2/c1-3-5-11-18-13(4-2)15(19)17-14(16(18)20)12-9-7-6-8-10-12/h1,12-14H,4-11H2,2H3,(H,17,19). The highest BCUT2D eigenvalue weighted by atomic mass is 16.2. The van der Waals surface area contributed by atoms with Crippen molar-refractivity contribution in [3.05, 3.63) is 0 Å². The lowest BCUT2D eigenvalue weighted by Crippen LogP contribution is -2.65. The average Bonchev–Trinajstić information content (AvgIpc) is 2.48. The third kappa shape index (κ3) is 2.98. The second-order valence-electron chi connectivity index (χ2n) is 5.79. The van der Waals surface area contributed by atoms with E-state index in [1.165, 1.54) is 6.42 Å². The molecule has 0 aromatic rings. The molecule has 2 aliphatic rings. The highest BCUT2D eigenvalue weighted by molar-refractivity contribution is 5.97. The van der Waals surface area contributed by atoms with E-state index in [1.54, 1.807) is 4.90 Å².